The van der Waals surface area contributed by atoms with Crippen LogP contribution < -0.4 is 4.90 Å². The summed E-state index contributed by atoms with van der Waals surface area (Å²) in [5.74, 6) is -0.118. The average molecular weight is 311 g/mol. The zero-order valence-electron chi connectivity index (χ0n) is 12.7. The fourth-order valence-corrected chi connectivity index (χ4v) is 3.60. The van der Waals surface area contributed by atoms with Crippen molar-refractivity contribution in [3.63, 3.8) is 0 Å². The van der Waals surface area contributed by atoms with E-state index < -0.39 is 0 Å². The normalized spacial score (nSPS) is 17.8. The molecule has 0 aromatic carbocycles. The van der Waals surface area contributed by atoms with Crippen LogP contribution in [0, 0.1) is 10.1 Å². The van der Waals surface area contributed by atoms with Crippen LogP contribution in [0.2, 0.25) is 0 Å². The van der Waals surface area contributed by atoms with E-state index in [2.05, 4.69) is 18.7 Å². The molecule has 1 atom stereocenters. The summed E-state index contributed by atoms with van der Waals surface area (Å²) >= 11 is 1.23. The predicted molar refractivity (Wildman–Crippen MR) is 84.5 cm³/mol. The van der Waals surface area contributed by atoms with Gasteiger partial charge in [-0.2, -0.15) is 0 Å². The monoisotopic (exact) mass is 311 g/mol. The molecule has 1 aromatic rings. The molecule has 2 heterocycles. The van der Waals surface area contributed by atoms with Crippen molar-refractivity contribution in [3.05, 3.63) is 21.1 Å². The molecule has 7 heteroatoms. The fourth-order valence-electron chi connectivity index (χ4n) is 2.53. The topological polar surface area (TPSA) is 66.7 Å². The number of hydrogen-bond donors (Lipinski definition) is 0. The summed E-state index contributed by atoms with van der Waals surface area (Å²) in [4.78, 5) is 27.2. The van der Waals surface area contributed by atoms with Gasteiger partial charge in [0.1, 0.15) is 0 Å². The van der Waals surface area contributed by atoms with E-state index >= 15 is 0 Å². The number of nitrogens with zero attached hydrogens (tertiary/aromatic N) is 3. The molecule has 1 aliphatic heterocycles. The Bertz CT molecular complexity index is 536. The van der Waals surface area contributed by atoms with E-state index in [9.17, 15) is 14.9 Å². The van der Waals surface area contributed by atoms with Gasteiger partial charge in [-0.3, -0.25) is 19.8 Å². The van der Waals surface area contributed by atoms with Crippen LogP contribution in [0.15, 0.2) is 6.07 Å². The van der Waals surface area contributed by atoms with Crippen molar-refractivity contribution in [1.82, 2.24) is 4.90 Å². The first-order chi connectivity index (χ1) is 9.93. The van der Waals surface area contributed by atoms with E-state index in [1.165, 1.54) is 24.3 Å². The minimum Gasteiger partial charge on any atom is -0.355 e. The number of piperazine rings is 1. The van der Waals surface area contributed by atoms with E-state index in [1.54, 1.807) is 0 Å². The summed E-state index contributed by atoms with van der Waals surface area (Å²) in [5.41, 5.74) is 0.0576. The van der Waals surface area contributed by atoms with Gasteiger partial charge in [-0.15, -0.1) is 11.3 Å². The smallest absolute Gasteiger partial charge is 0.304 e. The Kier molecular flexibility index (Phi) is 4.95. The van der Waals surface area contributed by atoms with Crippen molar-refractivity contribution < 1.29 is 9.72 Å². The van der Waals surface area contributed by atoms with Gasteiger partial charge in [-0.25, -0.2) is 0 Å². The standard InChI is InChI=1S/C14H21N3O3S/c1-4-10(2)15-5-7-16(8-6-15)14-12(17(19)20)9-13(21-14)11(3)18/h9-10H,4-8H2,1-3H3. The lowest BCUT2D eigenvalue weighted by atomic mass is 10.2. The van der Waals surface area contributed by atoms with Crippen molar-refractivity contribution in [3.8, 4) is 0 Å². The number of thiophene rings is 1. The van der Waals surface area contributed by atoms with E-state index in [-0.39, 0.29) is 16.4 Å². The maximum absolute atomic E-state index is 11.5. The van der Waals surface area contributed by atoms with Crippen molar-refractivity contribution >= 4 is 27.8 Å². The Morgan fingerprint density at radius 1 is 1.43 bits per heavy atom. The molecule has 1 fully saturated rings. The number of carbonyl (C=O) groups excluding carboxylic acids is 1. The number of ketones is 1. The minimum absolute atomic E-state index is 0.0576. The van der Waals surface area contributed by atoms with Crippen LogP contribution >= 0.6 is 11.3 Å². The van der Waals surface area contributed by atoms with E-state index in [0.717, 1.165) is 32.6 Å². The van der Waals surface area contributed by atoms with Gasteiger partial charge in [0.2, 0.25) is 0 Å². The lowest BCUT2D eigenvalue weighted by Gasteiger charge is -2.38. The summed E-state index contributed by atoms with van der Waals surface area (Å²) in [6.07, 6.45) is 1.10. The molecule has 1 aliphatic rings. The Morgan fingerprint density at radius 2 is 2.05 bits per heavy atom. The molecule has 116 valence electrons. The van der Waals surface area contributed by atoms with Gasteiger partial charge in [0, 0.05) is 38.3 Å². The van der Waals surface area contributed by atoms with Gasteiger partial charge in [0.05, 0.1) is 9.80 Å². The van der Waals surface area contributed by atoms with Crippen LogP contribution in [-0.2, 0) is 0 Å². The second kappa shape index (κ2) is 6.53. The molecule has 0 radical (unpaired) electrons. The molecule has 1 aromatic heterocycles. The zero-order chi connectivity index (χ0) is 15.6. The third kappa shape index (κ3) is 3.41. The second-order valence-electron chi connectivity index (χ2n) is 5.39. The average Bonchev–Trinajstić information content (AvgIpc) is 2.92. The van der Waals surface area contributed by atoms with Crippen LogP contribution in [0.4, 0.5) is 10.7 Å². The van der Waals surface area contributed by atoms with Crippen molar-refractivity contribution in [2.24, 2.45) is 0 Å². The summed E-state index contributed by atoms with van der Waals surface area (Å²) in [6.45, 7) is 9.16. The van der Waals surface area contributed by atoms with Crippen molar-refractivity contribution in [2.75, 3.05) is 31.1 Å². The highest BCUT2D eigenvalue weighted by Gasteiger charge is 2.28. The molecule has 0 spiro atoms. The largest absolute Gasteiger partial charge is 0.355 e. The Balaban J connectivity index is 2.16. The lowest BCUT2D eigenvalue weighted by molar-refractivity contribution is -0.383. The van der Waals surface area contributed by atoms with Crippen LogP contribution in [0.5, 0.6) is 0 Å². The Labute approximate surface area is 128 Å². The molecule has 1 saturated heterocycles. The molecule has 21 heavy (non-hydrogen) atoms. The number of nitro groups is 1. The van der Waals surface area contributed by atoms with Crippen molar-refractivity contribution in [1.29, 1.82) is 0 Å². The number of Topliss-reactive ketones (excluding diaryl/α,β-unsaturated/α-hetero) is 1. The summed E-state index contributed by atoms with van der Waals surface area (Å²) in [5, 5.41) is 11.8. The summed E-state index contributed by atoms with van der Waals surface area (Å²) in [7, 11) is 0. The first-order valence-corrected chi connectivity index (χ1v) is 8.03. The van der Waals surface area contributed by atoms with E-state index in [0.29, 0.717) is 15.9 Å². The Morgan fingerprint density at radius 3 is 2.52 bits per heavy atom. The number of hydrogen-bond acceptors (Lipinski definition) is 6. The first-order valence-electron chi connectivity index (χ1n) is 7.22. The quantitative estimate of drug-likeness (QED) is 0.475. The van der Waals surface area contributed by atoms with Crippen molar-refractivity contribution in [2.45, 2.75) is 33.2 Å². The fraction of sp³-hybridized carbons (Fsp3) is 0.643. The van der Waals surface area contributed by atoms with Crippen LogP contribution in [0.1, 0.15) is 36.9 Å². The van der Waals surface area contributed by atoms with Crippen LogP contribution in [0.25, 0.3) is 0 Å². The van der Waals surface area contributed by atoms with Gasteiger partial charge in [0.15, 0.2) is 10.8 Å². The van der Waals surface area contributed by atoms with Gasteiger partial charge < -0.3 is 4.90 Å². The molecule has 0 N–H and O–H groups in total. The van der Waals surface area contributed by atoms with Gasteiger partial charge in [-0.05, 0) is 20.3 Å². The summed E-state index contributed by atoms with van der Waals surface area (Å²) < 4.78 is 0. The molecule has 1 unspecified atom stereocenters. The maximum Gasteiger partial charge on any atom is 0.304 e. The number of rotatable bonds is 5. The van der Waals surface area contributed by atoms with Gasteiger partial charge >= 0.3 is 5.69 Å². The molecule has 0 saturated carbocycles. The zero-order valence-corrected chi connectivity index (χ0v) is 13.5. The SMILES string of the molecule is CCC(C)N1CCN(c2sc(C(C)=O)cc2[N+](=O)[O-])CC1. The van der Waals surface area contributed by atoms with E-state index in [4.69, 9.17) is 0 Å². The lowest BCUT2D eigenvalue weighted by Crippen LogP contribution is -2.49. The Hall–Kier alpha value is -1.47. The molecule has 0 aliphatic carbocycles. The highest BCUT2D eigenvalue weighted by Crippen LogP contribution is 2.38. The third-order valence-electron chi connectivity index (χ3n) is 4.05. The number of carbonyl (C=O) groups is 1. The highest BCUT2D eigenvalue weighted by atomic mass is 32.1. The van der Waals surface area contributed by atoms with Gasteiger partial charge in [0.25, 0.3) is 0 Å². The number of anilines is 1. The second-order valence-corrected chi connectivity index (χ2v) is 6.43. The van der Waals surface area contributed by atoms with Crippen LogP contribution in [0.3, 0.4) is 0 Å². The van der Waals surface area contributed by atoms with Crippen LogP contribution in [-0.4, -0.2) is 47.8 Å². The summed E-state index contributed by atoms with van der Waals surface area (Å²) in [6, 6.07) is 1.95. The third-order valence-corrected chi connectivity index (χ3v) is 5.34. The molecular weight excluding hydrogens is 290 g/mol. The van der Waals surface area contributed by atoms with Gasteiger partial charge in [-0.1, -0.05) is 6.92 Å². The minimum atomic E-state index is -0.390. The predicted octanol–water partition coefficient (Wildman–Crippen LogP) is 2.78. The molecular formula is C14H21N3O3S. The maximum atomic E-state index is 11.5. The van der Waals surface area contributed by atoms with E-state index in [1.807, 2.05) is 4.90 Å². The molecule has 6 nitrogen and oxygen atoms in total. The first kappa shape index (κ1) is 15.9. The molecule has 0 amide bonds. The molecule has 2 rings (SSSR count). The molecule has 0 bridgehead atoms. The highest BCUT2D eigenvalue weighted by molar-refractivity contribution is 7.18.